The van der Waals surface area contributed by atoms with Gasteiger partial charge in [-0.15, -0.1) is 0 Å². The van der Waals surface area contributed by atoms with E-state index in [-0.39, 0.29) is 11.9 Å². The number of thioether (sulfide) groups is 1. The summed E-state index contributed by atoms with van der Waals surface area (Å²) in [6.07, 6.45) is 4.87. The van der Waals surface area contributed by atoms with Gasteiger partial charge in [-0.25, -0.2) is 9.78 Å². The Morgan fingerprint density at radius 1 is 1.38 bits per heavy atom. The van der Waals surface area contributed by atoms with E-state index in [0.717, 1.165) is 43.4 Å². The maximum atomic E-state index is 12.2. The Hall–Kier alpha value is -2.07. The number of amides is 3. The maximum Gasteiger partial charge on any atom is 0.321 e. The second kappa shape index (κ2) is 6.81. The van der Waals surface area contributed by atoms with Gasteiger partial charge in [-0.3, -0.25) is 10.1 Å². The minimum atomic E-state index is -0.506. The topological polar surface area (TPSA) is 94.9 Å². The molecule has 3 amide bonds. The van der Waals surface area contributed by atoms with Crippen molar-refractivity contribution in [1.82, 2.24) is 15.6 Å². The molecule has 1 fully saturated rings. The summed E-state index contributed by atoms with van der Waals surface area (Å²) in [6, 6.07) is 1.97. The molecule has 24 heavy (non-hydrogen) atoms. The van der Waals surface area contributed by atoms with E-state index in [1.807, 2.05) is 6.92 Å². The van der Waals surface area contributed by atoms with Crippen molar-refractivity contribution in [3.8, 4) is 6.07 Å². The van der Waals surface area contributed by atoms with Crippen molar-refractivity contribution in [3.05, 3.63) is 22.4 Å². The molecule has 1 unspecified atom stereocenters. The van der Waals surface area contributed by atoms with Crippen molar-refractivity contribution in [2.45, 2.75) is 62.3 Å². The van der Waals surface area contributed by atoms with Crippen LogP contribution in [0.25, 0.3) is 0 Å². The van der Waals surface area contributed by atoms with Gasteiger partial charge in [-0.05, 0) is 57.1 Å². The number of pyridine rings is 1. The molecule has 1 aromatic rings. The lowest BCUT2D eigenvalue weighted by Gasteiger charge is -2.14. The van der Waals surface area contributed by atoms with E-state index >= 15 is 0 Å². The molecule has 0 spiro atoms. The normalized spacial score (nSPS) is 16.9. The number of hydrogen-bond acceptors (Lipinski definition) is 5. The molecule has 1 atom stereocenters. The molecule has 1 saturated carbocycles. The summed E-state index contributed by atoms with van der Waals surface area (Å²) in [5, 5.41) is 14.6. The highest BCUT2D eigenvalue weighted by atomic mass is 32.2. The minimum Gasteiger partial charge on any atom is -0.335 e. The predicted octanol–water partition coefficient (Wildman–Crippen LogP) is 2.22. The first-order valence-electron chi connectivity index (χ1n) is 8.20. The van der Waals surface area contributed by atoms with Gasteiger partial charge in [0, 0.05) is 11.7 Å². The first-order chi connectivity index (χ1) is 11.5. The number of hydrogen-bond donors (Lipinski definition) is 2. The Balaban J connectivity index is 1.70. The van der Waals surface area contributed by atoms with Gasteiger partial charge in [0.15, 0.2) is 0 Å². The van der Waals surface area contributed by atoms with Crippen LogP contribution in [0.15, 0.2) is 5.03 Å². The molecule has 0 radical (unpaired) electrons. The number of aryl methyl sites for hydroxylation is 1. The van der Waals surface area contributed by atoms with Crippen LogP contribution in [0.4, 0.5) is 4.79 Å². The fourth-order valence-corrected chi connectivity index (χ4v) is 3.83. The number of imide groups is 1. The van der Waals surface area contributed by atoms with Gasteiger partial charge in [0.05, 0.1) is 10.8 Å². The van der Waals surface area contributed by atoms with E-state index < -0.39 is 11.3 Å². The highest BCUT2D eigenvalue weighted by Gasteiger charge is 2.27. The zero-order chi connectivity index (χ0) is 17.3. The van der Waals surface area contributed by atoms with Crippen molar-refractivity contribution >= 4 is 23.7 Å². The first-order valence-corrected chi connectivity index (χ1v) is 9.08. The lowest BCUT2D eigenvalue weighted by Crippen LogP contribution is -2.43. The Bertz CT molecular complexity index is 737. The lowest BCUT2D eigenvalue weighted by molar-refractivity contribution is -0.119. The Morgan fingerprint density at radius 3 is 2.79 bits per heavy atom. The van der Waals surface area contributed by atoms with Gasteiger partial charge in [0.1, 0.15) is 11.1 Å². The van der Waals surface area contributed by atoms with Crippen LogP contribution in [-0.2, 0) is 17.6 Å². The van der Waals surface area contributed by atoms with E-state index in [4.69, 9.17) is 0 Å². The number of rotatable bonds is 4. The first kappa shape index (κ1) is 16.8. The Morgan fingerprint density at radius 2 is 2.12 bits per heavy atom. The summed E-state index contributed by atoms with van der Waals surface area (Å²) in [5.41, 5.74) is 3.73. The van der Waals surface area contributed by atoms with Crippen molar-refractivity contribution in [1.29, 1.82) is 5.26 Å². The zero-order valence-corrected chi connectivity index (χ0v) is 14.6. The molecule has 0 aliphatic heterocycles. The zero-order valence-electron chi connectivity index (χ0n) is 13.8. The van der Waals surface area contributed by atoms with Crippen LogP contribution < -0.4 is 10.6 Å². The second-order valence-corrected chi connectivity index (χ2v) is 7.63. The molecule has 7 heteroatoms. The molecular weight excluding hydrogens is 324 g/mol. The quantitative estimate of drug-likeness (QED) is 0.817. The largest absolute Gasteiger partial charge is 0.335 e. The molecule has 0 saturated heterocycles. The summed E-state index contributed by atoms with van der Waals surface area (Å²) in [6.45, 7) is 3.66. The van der Waals surface area contributed by atoms with Crippen LogP contribution in [0.2, 0.25) is 0 Å². The Labute approximate surface area is 145 Å². The molecular formula is C17H20N4O2S. The number of urea groups is 1. The molecule has 0 aromatic carbocycles. The van der Waals surface area contributed by atoms with Crippen molar-refractivity contribution in [2.75, 3.05) is 0 Å². The molecule has 6 nitrogen and oxygen atoms in total. The molecule has 1 aromatic heterocycles. The van der Waals surface area contributed by atoms with Crippen LogP contribution in [0, 0.1) is 18.3 Å². The standard InChI is InChI=1S/C17H20N4O2S/c1-9-12-4-3-5-14(12)20-16(13(9)8-18)24-10(2)15(22)21-17(23)19-11-6-7-11/h10-11H,3-7H2,1-2H3,(H2,19,21,22,23). The summed E-state index contributed by atoms with van der Waals surface area (Å²) < 4.78 is 0. The molecule has 2 N–H and O–H groups in total. The van der Waals surface area contributed by atoms with Gasteiger partial charge in [-0.1, -0.05) is 11.8 Å². The highest BCUT2D eigenvalue weighted by molar-refractivity contribution is 8.00. The lowest BCUT2D eigenvalue weighted by atomic mass is 10.0. The monoisotopic (exact) mass is 344 g/mol. The third-order valence-electron chi connectivity index (χ3n) is 4.39. The fourth-order valence-electron chi connectivity index (χ4n) is 2.85. The highest BCUT2D eigenvalue weighted by Crippen LogP contribution is 2.33. The predicted molar refractivity (Wildman–Crippen MR) is 90.7 cm³/mol. The summed E-state index contributed by atoms with van der Waals surface area (Å²) in [4.78, 5) is 28.5. The van der Waals surface area contributed by atoms with E-state index in [1.165, 1.54) is 17.3 Å². The number of nitrogens with one attached hydrogen (secondary N) is 2. The van der Waals surface area contributed by atoms with Crippen molar-refractivity contribution in [2.24, 2.45) is 0 Å². The van der Waals surface area contributed by atoms with Gasteiger partial charge in [0.25, 0.3) is 0 Å². The smallest absolute Gasteiger partial charge is 0.321 e. The number of carbonyl (C=O) groups is 2. The van der Waals surface area contributed by atoms with Crippen LogP contribution >= 0.6 is 11.8 Å². The summed E-state index contributed by atoms with van der Waals surface area (Å²) in [5.74, 6) is -0.373. The minimum absolute atomic E-state index is 0.201. The SMILES string of the molecule is Cc1c(C#N)c(SC(C)C(=O)NC(=O)NC2CC2)nc2c1CCC2. The van der Waals surface area contributed by atoms with E-state index in [2.05, 4.69) is 21.7 Å². The van der Waals surface area contributed by atoms with Gasteiger partial charge in [0.2, 0.25) is 5.91 Å². The van der Waals surface area contributed by atoms with Gasteiger partial charge in [-0.2, -0.15) is 5.26 Å². The van der Waals surface area contributed by atoms with Crippen molar-refractivity contribution < 1.29 is 9.59 Å². The molecule has 126 valence electrons. The van der Waals surface area contributed by atoms with Gasteiger partial charge < -0.3 is 5.32 Å². The van der Waals surface area contributed by atoms with Gasteiger partial charge >= 0.3 is 6.03 Å². The average Bonchev–Trinajstić information content (AvgIpc) is 3.21. The molecule has 0 bridgehead atoms. The van der Waals surface area contributed by atoms with Crippen LogP contribution in [0.3, 0.4) is 0 Å². The number of fused-ring (bicyclic) bond motifs is 1. The number of aromatic nitrogens is 1. The third-order valence-corrected chi connectivity index (χ3v) is 5.47. The van der Waals surface area contributed by atoms with E-state index in [1.54, 1.807) is 6.92 Å². The van der Waals surface area contributed by atoms with E-state index in [0.29, 0.717) is 10.6 Å². The Kier molecular flexibility index (Phi) is 4.76. The summed E-state index contributed by atoms with van der Waals surface area (Å²) >= 11 is 1.23. The van der Waals surface area contributed by atoms with Crippen LogP contribution in [-0.4, -0.2) is 28.2 Å². The third kappa shape index (κ3) is 3.54. The van der Waals surface area contributed by atoms with Crippen molar-refractivity contribution in [3.63, 3.8) is 0 Å². The number of carbonyl (C=O) groups excluding carboxylic acids is 2. The molecule has 2 aliphatic rings. The second-order valence-electron chi connectivity index (χ2n) is 6.30. The average molecular weight is 344 g/mol. The van der Waals surface area contributed by atoms with E-state index in [9.17, 15) is 14.9 Å². The number of nitriles is 1. The fraction of sp³-hybridized carbons (Fsp3) is 0.529. The molecule has 1 heterocycles. The molecule has 2 aliphatic carbocycles. The maximum absolute atomic E-state index is 12.2. The number of nitrogens with zero attached hydrogens (tertiary/aromatic N) is 2. The molecule has 3 rings (SSSR count). The van der Waals surface area contributed by atoms with Crippen LogP contribution in [0.1, 0.15) is 48.6 Å². The summed E-state index contributed by atoms with van der Waals surface area (Å²) in [7, 11) is 0. The van der Waals surface area contributed by atoms with Crippen LogP contribution in [0.5, 0.6) is 0 Å².